The number of pyridine rings is 1. The van der Waals surface area contributed by atoms with Gasteiger partial charge in [0.25, 0.3) is 10.0 Å². The Labute approximate surface area is 117 Å². The van der Waals surface area contributed by atoms with E-state index in [0.29, 0.717) is 13.2 Å². The number of rotatable bonds is 5. The number of hydrogen-bond acceptors (Lipinski definition) is 5. The van der Waals surface area contributed by atoms with Crippen molar-refractivity contribution in [3.63, 3.8) is 0 Å². The zero-order valence-electron chi connectivity index (χ0n) is 10.9. The highest BCUT2D eigenvalue weighted by atomic mass is 32.2. The van der Waals surface area contributed by atoms with Crippen molar-refractivity contribution in [2.24, 2.45) is 5.92 Å². The van der Waals surface area contributed by atoms with E-state index < -0.39 is 16.0 Å². The van der Waals surface area contributed by atoms with Crippen molar-refractivity contribution >= 4 is 16.0 Å². The normalized spacial score (nSPS) is 20.8. The van der Waals surface area contributed by atoms with Crippen LogP contribution in [-0.2, 0) is 14.8 Å². The van der Waals surface area contributed by atoms with E-state index in [9.17, 15) is 13.2 Å². The molecular formula is C12H16N2O5S. The molecule has 2 rings (SSSR count). The van der Waals surface area contributed by atoms with Crippen LogP contribution in [-0.4, -0.2) is 43.7 Å². The summed E-state index contributed by atoms with van der Waals surface area (Å²) in [6.07, 6.45) is 1.84. The van der Waals surface area contributed by atoms with Gasteiger partial charge in [-0.05, 0) is 25.5 Å². The lowest BCUT2D eigenvalue weighted by molar-refractivity contribution is 0.0696. The number of nitrogens with one attached hydrogen (secondary N) is 1. The van der Waals surface area contributed by atoms with E-state index in [0.717, 1.165) is 12.6 Å². The van der Waals surface area contributed by atoms with E-state index in [1.165, 1.54) is 12.1 Å². The zero-order valence-corrected chi connectivity index (χ0v) is 11.8. The smallest absolute Gasteiger partial charge is 0.337 e. The largest absolute Gasteiger partial charge is 0.478 e. The van der Waals surface area contributed by atoms with Crippen molar-refractivity contribution in [2.45, 2.75) is 24.4 Å². The molecule has 1 aliphatic rings. The second kappa shape index (κ2) is 5.86. The van der Waals surface area contributed by atoms with Crippen molar-refractivity contribution in [3.05, 3.63) is 23.9 Å². The van der Waals surface area contributed by atoms with Crippen LogP contribution in [0.3, 0.4) is 0 Å². The molecule has 1 fully saturated rings. The van der Waals surface area contributed by atoms with Crippen LogP contribution in [0.15, 0.2) is 23.4 Å². The summed E-state index contributed by atoms with van der Waals surface area (Å²) < 4.78 is 32.0. The number of aromatic carboxylic acids is 1. The number of carboxylic acid groups (broad SMARTS) is 1. The highest BCUT2D eigenvalue weighted by Gasteiger charge is 2.27. The Morgan fingerprint density at radius 1 is 1.55 bits per heavy atom. The molecule has 0 spiro atoms. The molecule has 1 aromatic rings. The maximum atomic E-state index is 12.1. The first kappa shape index (κ1) is 14.9. The number of ether oxygens (including phenoxy) is 1. The third-order valence-electron chi connectivity index (χ3n) is 3.27. The predicted octanol–water partition coefficient (Wildman–Crippen LogP) is 0.483. The number of sulfonamides is 1. The van der Waals surface area contributed by atoms with E-state index in [4.69, 9.17) is 9.84 Å². The second-order valence-corrected chi connectivity index (χ2v) is 6.38. The number of carboxylic acids is 1. The molecule has 0 aromatic carbocycles. The molecule has 0 aliphatic carbocycles. The Balaban J connectivity index is 2.11. The quantitative estimate of drug-likeness (QED) is 0.819. The van der Waals surface area contributed by atoms with Gasteiger partial charge in [0.1, 0.15) is 0 Å². The van der Waals surface area contributed by atoms with Crippen LogP contribution in [0.2, 0.25) is 0 Å². The maximum absolute atomic E-state index is 12.1. The predicted molar refractivity (Wildman–Crippen MR) is 69.9 cm³/mol. The summed E-state index contributed by atoms with van der Waals surface area (Å²) in [5, 5.41) is 8.56. The first-order valence-electron chi connectivity index (χ1n) is 6.19. The maximum Gasteiger partial charge on any atom is 0.337 e. The Morgan fingerprint density at radius 3 is 2.80 bits per heavy atom. The summed E-state index contributed by atoms with van der Waals surface area (Å²) in [6, 6.07) is 2.14. The lowest BCUT2D eigenvalue weighted by Crippen LogP contribution is -2.38. The van der Waals surface area contributed by atoms with Crippen molar-refractivity contribution in [1.82, 2.24) is 9.71 Å². The summed E-state index contributed by atoms with van der Waals surface area (Å²) >= 11 is 0. The lowest BCUT2D eigenvalue weighted by atomic mass is 10.0. The summed E-state index contributed by atoms with van der Waals surface area (Å²) in [4.78, 5) is 14.4. The van der Waals surface area contributed by atoms with Crippen molar-refractivity contribution in [2.75, 3.05) is 13.2 Å². The first-order valence-corrected chi connectivity index (χ1v) is 7.68. The van der Waals surface area contributed by atoms with Gasteiger partial charge in [-0.15, -0.1) is 0 Å². The standard InChI is InChI=1S/C12H16N2O5S/c1-8(10-4-5-19-7-10)14-20(17,18)11-3-2-9(6-13-11)12(15)16/h2-3,6,8,10,14H,4-5,7H2,1H3,(H,15,16). The van der Waals surface area contributed by atoms with Crippen LogP contribution in [0, 0.1) is 5.92 Å². The highest BCUT2D eigenvalue weighted by molar-refractivity contribution is 7.89. The SMILES string of the molecule is CC(NS(=O)(=O)c1ccc(C(=O)O)cn1)C1CCOC1. The van der Waals surface area contributed by atoms with E-state index in [2.05, 4.69) is 9.71 Å². The van der Waals surface area contributed by atoms with Gasteiger partial charge in [-0.3, -0.25) is 0 Å². The summed E-state index contributed by atoms with van der Waals surface area (Å²) in [5.41, 5.74) is -0.0545. The van der Waals surface area contributed by atoms with Crippen LogP contribution in [0.5, 0.6) is 0 Å². The molecule has 2 unspecified atom stereocenters. The molecule has 1 aliphatic heterocycles. The van der Waals surface area contributed by atoms with Gasteiger partial charge in [-0.2, -0.15) is 0 Å². The molecule has 0 saturated carbocycles. The monoisotopic (exact) mass is 300 g/mol. The Hall–Kier alpha value is -1.51. The molecule has 20 heavy (non-hydrogen) atoms. The van der Waals surface area contributed by atoms with E-state index in [1.807, 2.05) is 0 Å². The third-order valence-corrected chi connectivity index (χ3v) is 4.75. The number of hydrogen-bond donors (Lipinski definition) is 2. The Bertz CT molecular complexity index is 578. The zero-order chi connectivity index (χ0) is 14.8. The summed E-state index contributed by atoms with van der Waals surface area (Å²) in [7, 11) is -3.75. The average Bonchev–Trinajstić information content (AvgIpc) is 2.92. The van der Waals surface area contributed by atoms with Gasteiger partial charge < -0.3 is 9.84 Å². The molecule has 1 saturated heterocycles. The molecule has 1 aromatic heterocycles. The van der Waals surface area contributed by atoms with Crippen LogP contribution in [0.25, 0.3) is 0 Å². The molecule has 2 N–H and O–H groups in total. The van der Waals surface area contributed by atoms with Gasteiger partial charge in [0, 0.05) is 24.8 Å². The average molecular weight is 300 g/mol. The third kappa shape index (κ3) is 3.33. The number of carbonyl (C=O) groups is 1. The second-order valence-electron chi connectivity index (χ2n) is 4.72. The van der Waals surface area contributed by atoms with Crippen LogP contribution >= 0.6 is 0 Å². The molecule has 2 heterocycles. The van der Waals surface area contributed by atoms with E-state index in [-0.39, 0.29) is 22.5 Å². The van der Waals surface area contributed by atoms with Gasteiger partial charge >= 0.3 is 5.97 Å². The Kier molecular flexibility index (Phi) is 4.36. The van der Waals surface area contributed by atoms with Gasteiger partial charge in [0.05, 0.1) is 12.2 Å². The minimum atomic E-state index is -3.75. The number of aromatic nitrogens is 1. The summed E-state index contributed by atoms with van der Waals surface area (Å²) in [5.74, 6) is -1.01. The van der Waals surface area contributed by atoms with Crippen LogP contribution in [0.1, 0.15) is 23.7 Å². The lowest BCUT2D eigenvalue weighted by Gasteiger charge is -2.18. The molecule has 8 heteroatoms. The highest BCUT2D eigenvalue weighted by Crippen LogP contribution is 2.18. The van der Waals surface area contributed by atoms with Gasteiger partial charge in [0.2, 0.25) is 0 Å². The Morgan fingerprint density at radius 2 is 2.30 bits per heavy atom. The fraction of sp³-hybridized carbons (Fsp3) is 0.500. The number of nitrogens with zero attached hydrogens (tertiary/aromatic N) is 1. The molecule has 110 valence electrons. The van der Waals surface area contributed by atoms with Crippen LogP contribution < -0.4 is 4.72 Å². The van der Waals surface area contributed by atoms with Crippen molar-refractivity contribution in [1.29, 1.82) is 0 Å². The van der Waals surface area contributed by atoms with Gasteiger partial charge in [-0.25, -0.2) is 22.9 Å². The molecule has 0 bridgehead atoms. The minimum Gasteiger partial charge on any atom is -0.478 e. The van der Waals surface area contributed by atoms with Crippen molar-refractivity contribution in [3.8, 4) is 0 Å². The van der Waals surface area contributed by atoms with Gasteiger partial charge in [-0.1, -0.05) is 0 Å². The van der Waals surface area contributed by atoms with E-state index in [1.54, 1.807) is 6.92 Å². The molecule has 7 nitrogen and oxygen atoms in total. The molecule has 2 atom stereocenters. The van der Waals surface area contributed by atoms with Crippen LogP contribution in [0.4, 0.5) is 0 Å². The minimum absolute atomic E-state index is 0.0545. The van der Waals surface area contributed by atoms with Gasteiger partial charge in [0.15, 0.2) is 5.03 Å². The summed E-state index contributed by atoms with van der Waals surface area (Å²) in [6.45, 7) is 2.96. The van der Waals surface area contributed by atoms with E-state index >= 15 is 0 Å². The van der Waals surface area contributed by atoms with Crippen molar-refractivity contribution < 1.29 is 23.1 Å². The molecule has 0 amide bonds. The first-order chi connectivity index (χ1) is 9.40. The fourth-order valence-electron chi connectivity index (χ4n) is 2.01. The topological polar surface area (TPSA) is 106 Å². The fourth-order valence-corrected chi connectivity index (χ4v) is 3.26. The molecule has 0 radical (unpaired) electrons. The molecular weight excluding hydrogens is 284 g/mol.